The molecule has 0 saturated carbocycles. The zero-order valence-corrected chi connectivity index (χ0v) is 11.1. The fraction of sp³-hybridized carbons (Fsp3) is 0.462. The zero-order chi connectivity index (χ0) is 12.1. The maximum absolute atomic E-state index is 12.0. The topological polar surface area (TPSA) is 37.3 Å². The van der Waals surface area contributed by atoms with Gasteiger partial charge in [0.1, 0.15) is 4.83 Å². The van der Waals surface area contributed by atoms with Gasteiger partial charge in [-0.05, 0) is 12.3 Å². The van der Waals surface area contributed by atoms with Gasteiger partial charge in [0.15, 0.2) is 5.78 Å². The van der Waals surface area contributed by atoms with E-state index in [1.807, 2.05) is 32.0 Å². The van der Waals surface area contributed by atoms with Gasteiger partial charge in [0.05, 0.1) is 6.10 Å². The molecule has 0 heterocycles. The second kappa shape index (κ2) is 6.16. The molecular formula is C13H17BrO2. The van der Waals surface area contributed by atoms with Crippen LogP contribution in [0.5, 0.6) is 0 Å². The van der Waals surface area contributed by atoms with Crippen molar-refractivity contribution < 1.29 is 9.90 Å². The second-order valence-electron chi connectivity index (χ2n) is 4.33. The van der Waals surface area contributed by atoms with E-state index in [0.29, 0.717) is 17.9 Å². The fourth-order valence-electron chi connectivity index (χ4n) is 1.54. The average molecular weight is 285 g/mol. The van der Waals surface area contributed by atoms with Gasteiger partial charge in [-0.15, -0.1) is 0 Å². The lowest BCUT2D eigenvalue weighted by molar-refractivity contribution is 0.0874. The third-order valence-corrected chi connectivity index (χ3v) is 3.39. The normalized spacial score (nSPS) is 14.8. The Morgan fingerprint density at radius 2 is 1.88 bits per heavy atom. The Morgan fingerprint density at radius 3 is 2.38 bits per heavy atom. The molecule has 2 nitrogen and oxygen atoms in total. The summed E-state index contributed by atoms with van der Waals surface area (Å²) in [5.41, 5.74) is 0.632. The SMILES string of the molecule is CC(C)C[C@@H](O)[C@@H](Br)C(=O)c1ccccc1. The third-order valence-electron chi connectivity index (χ3n) is 2.36. The van der Waals surface area contributed by atoms with Gasteiger partial charge in [0, 0.05) is 5.56 Å². The summed E-state index contributed by atoms with van der Waals surface area (Å²) < 4.78 is 0. The predicted octanol–water partition coefficient (Wildman–Crippen LogP) is 3.04. The van der Waals surface area contributed by atoms with Crippen molar-refractivity contribution in [2.45, 2.75) is 31.2 Å². The minimum atomic E-state index is -0.632. The van der Waals surface area contributed by atoms with Crippen LogP contribution in [0.1, 0.15) is 30.6 Å². The first kappa shape index (κ1) is 13.4. The van der Waals surface area contributed by atoms with Gasteiger partial charge < -0.3 is 5.11 Å². The minimum absolute atomic E-state index is 0.0613. The van der Waals surface area contributed by atoms with Crippen molar-refractivity contribution in [1.82, 2.24) is 0 Å². The molecule has 1 aromatic rings. The van der Waals surface area contributed by atoms with Crippen molar-refractivity contribution in [1.29, 1.82) is 0 Å². The molecule has 1 aromatic carbocycles. The van der Waals surface area contributed by atoms with E-state index < -0.39 is 10.9 Å². The van der Waals surface area contributed by atoms with Gasteiger partial charge in [0.25, 0.3) is 0 Å². The van der Waals surface area contributed by atoms with Crippen molar-refractivity contribution in [2.24, 2.45) is 5.92 Å². The molecule has 16 heavy (non-hydrogen) atoms. The molecular weight excluding hydrogens is 268 g/mol. The number of aliphatic hydroxyl groups is 1. The number of benzene rings is 1. The zero-order valence-electron chi connectivity index (χ0n) is 9.56. The van der Waals surface area contributed by atoms with Crippen LogP contribution in [0.25, 0.3) is 0 Å². The molecule has 2 atom stereocenters. The first-order valence-electron chi connectivity index (χ1n) is 5.43. The highest BCUT2D eigenvalue weighted by molar-refractivity contribution is 9.10. The van der Waals surface area contributed by atoms with Crippen LogP contribution in [0, 0.1) is 5.92 Å². The van der Waals surface area contributed by atoms with Gasteiger partial charge in [-0.25, -0.2) is 0 Å². The highest BCUT2D eigenvalue weighted by Gasteiger charge is 2.25. The standard InChI is InChI=1S/C13H17BrO2/c1-9(2)8-11(15)12(14)13(16)10-6-4-3-5-7-10/h3-7,9,11-12,15H,8H2,1-2H3/t11-,12-/m1/s1. The van der Waals surface area contributed by atoms with Crippen LogP contribution in [0.2, 0.25) is 0 Å². The highest BCUT2D eigenvalue weighted by Crippen LogP contribution is 2.18. The van der Waals surface area contributed by atoms with Crippen molar-refractivity contribution in [3.8, 4) is 0 Å². The van der Waals surface area contributed by atoms with Crippen LogP contribution in [0.3, 0.4) is 0 Å². The molecule has 0 radical (unpaired) electrons. The summed E-state index contributed by atoms with van der Waals surface area (Å²) in [6, 6.07) is 9.03. The molecule has 0 aromatic heterocycles. The number of Topliss-reactive ketones (excluding diaryl/α,β-unsaturated/α-hetero) is 1. The van der Waals surface area contributed by atoms with Crippen LogP contribution in [-0.2, 0) is 0 Å². The summed E-state index contributed by atoms with van der Waals surface area (Å²) in [6.07, 6.45) is -0.0122. The van der Waals surface area contributed by atoms with Gasteiger partial charge in [-0.1, -0.05) is 60.1 Å². The lowest BCUT2D eigenvalue weighted by atomic mass is 9.99. The number of hydrogen-bond acceptors (Lipinski definition) is 2. The summed E-state index contributed by atoms with van der Waals surface area (Å²) in [6.45, 7) is 4.05. The first-order chi connectivity index (χ1) is 7.52. The van der Waals surface area contributed by atoms with Gasteiger partial charge in [-0.2, -0.15) is 0 Å². The molecule has 0 aliphatic carbocycles. The predicted molar refractivity (Wildman–Crippen MR) is 68.9 cm³/mol. The van der Waals surface area contributed by atoms with Crippen LogP contribution >= 0.6 is 15.9 Å². The quantitative estimate of drug-likeness (QED) is 0.667. The molecule has 88 valence electrons. The maximum Gasteiger partial charge on any atom is 0.179 e. The summed E-state index contributed by atoms with van der Waals surface area (Å²) in [4.78, 5) is 11.4. The number of carbonyl (C=O) groups is 1. The molecule has 0 spiro atoms. The molecule has 0 unspecified atom stereocenters. The molecule has 1 N–H and O–H groups in total. The summed E-state index contributed by atoms with van der Waals surface area (Å²) in [5, 5.41) is 9.85. The van der Waals surface area contributed by atoms with E-state index in [4.69, 9.17) is 0 Å². The summed E-state index contributed by atoms with van der Waals surface area (Å²) in [5.74, 6) is 0.312. The maximum atomic E-state index is 12.0. The minimum Gasteiger partial charge on any atom is -0.391 e. The summed E-state index contributed by atoms with van der Waals surface area (Å²) in [7, 11) is 0. The number of carbonyl (C=O) groups excluding carboxylic acids is 1. The Morgan fingerprint density at radius 1 is 1.31 bits per heavy atom. The smallest absolute Gasteiger partial charge is 0.179 e. The van der Waals surface area contributed by atoms with E-state index in [1.165, 1.54) is 0 Å². The Bertz CT molecular complexity index is 335. The van der Waals surface area contributed by atoms with Crippen molar-refractivity contribution in [3.05, 3.63) is 35.9 Å². The molecule has 0 fully saturated rings. The Kier molecular flexibility index (Phi) is 5.16. The van der Waals surface area contributed by atoms with E-state index >= 15 is 0 Å². The van der Waals surface area contributed by atoms with E-state index in [0.717, 1.165) is 0 Å². The highest BCUT2D eigenvalue weighted by atomic mass is 79.9. The number of hydrogen-bond donors (Lipinski definition) is 1. The van der Waals surface area contributed by atoms with Gasteiger partial charge in [0.2, 0.25) is 0 Å². The largest absolute Gasteiger partial charge is 0.391 e. The van der Waals surface area contributed by atoms with Crippen molar-refractivity contribution >= 4 is 21.7 Å². The lowest BCUT2D eigenvalue weighted by Crippen LogP contribution is -2.29. The second-order valence-corrected chi connectivity index (χ2v) is 5.32. The molecule has 0 amide bonds. The van der Waals surface area contributed by atoms with Crippen LogP contribution in [0.15, 0.2) is 30.3 Å². The van der Waals surface area contributed by atoms with E-state index in [-0.39, 0.29) is 5.78 Å². The molecule has 0 bridgehead atoms. The molecule has 0 aliphatic heterocycles. The molecule has 3 heteroatoms. The Hall–Kier alpha value is -0.670. The van der Waals surface area contributed by atoms with Crippen LogP contribution in [-0.4, -0.2) is 21.8 Å². The molecule has 0 saturated heterocycles. The van der Waals surface area contributed by atoms with Crippen molar-refractivity contribution in [2.75, 3.05) is 0 Å². The first-order valence-corrected chi connectivity index (χ1v) is 6.35. The van der Waals surface area contributed by atoms with E-state index in [2.05, 4.69) is 15.9 Å². The number of halogens is 1. The van der Waals surface area contributed by atoms with Crippen molar-refractivity contribution in [3.63, 3.8) is 0 Å². The average Bonchev–Trinajstić information content (AvgIpc) is 2.27. The van der Waals surface area contributed by atoms with E-state index in [9.17, 15) is 9.90 Å². The van der Waals surface area contributed by atoms with Crippen LogP contribution < -0.4 is 0 Å². The lowest BCUT2D eigenvalue weighted by Gasteiger charge is -2.18. The molecule has 0 aliphatic rings. The Balaban J connectivity index is 2.67. The fourth-order valence-corrected chi connectivity index (χ4v) is 2.02. The van der Waals surface area contributed by atoms with Gasteiger partial charge in [-0.3, -0.25) is 4.79 Å². The number of ketones is 1. The van der Waals surface area contributed by atoms with Crippen LogP contribution in [0.4, 0.5) is 0 Å². The third kappa shape index (κ3) is 3.72. The van der Waals surface area contributed by atoms with Gasteiger partial charge >= 0.3 is 0 Å². The van der Waals surface area contributed by atoms with E-state index in [1.54, 1.807) is 12.1 Å². The number of rotatable bonds is 5. The number of aliphatic hydroxyl groups excluding tert-OH is 1. The monoisotopic (exact) mass is 284 g/mol. The Labute approximate surface area is 105 Å². The number of alkyl halides is 1. The molecule has 1 rings (SSSR count). The summed E-state index contributed by atoms with van der Waals surface area (Å²) >= 11 is 3.27.